The third-order valence-electron chi connectivity index (χ3n) is 2.03. The maximum absolute atomic E-state index is 11.4. The summed E-state index contributed by atoms with van der Waals surface area (Å²) < 4.78 is 2.37. The van der Waals surface area contributed by atoms with Gasteiger partial charge in [0.1, 0.15) is 5.52 Å². The summed E-state index contributed by atoms with van der Waals surface area (Å²) in [6, 6.07) is 0. The van der Waals surface area contributed by atoms with E-state index >= 15 is 0 Å². The van der Waals surface area contributed by atoms with Crippen LogP contribution in [0.15, 0.2) is 15.9 Å². The Bertz CT molecular complexity index is 607. The molecule has 0 saturated heterocycles. The van der Waals surface area contributed by atoms with Crippen molar-refractivity contribution < 1.29 is 24.1 Å². The van der Waals surface area contributed by atoms with Crippen LogP contribution in [0.1, 0.15) is 0 Å². The molecule has 0 unspecified atom stereocenters. The summed E-state index contributed by atoms with van der Waals surface area (Å²) in [5.41, 5.74) is 0.0119. The van der Waals surface area contributed by atoms with E-state index in [1.165, 1.54) is 17.9 Å². The molecule has 0 aromatic carbocycles. The zero-order chi connectivity index (χ0) is 12.3. The number of aromatic nitrogens is 4. The smallest absolute Gasteiger partial charge is 0.457 e. The molecule has 2 aromatic heterocycles. The molecule has 0 fully saturated rings. The van der Waals surface area contributed by atoms with Gasteiger partial charge in [0.15, 0.2) is 5.65 Å². The third kappa shape index (κ3) is 3.58. The Morgan fingerprint density at radius 2 is 1.72 bits per heavy atom. The van der Waals surface area contributed by atoms with Crippen molar-refractivity contribution in [3.63, 3.8) is 0 Å². The fourth-order valence-electron chi connectivity index (χ4n) is 1.27. The Morgan fingerprint density at radius 3 is 2.22 bits per heavy atom. The van der Waals surface area contributed by atoms with Gasteiger partial charge in [0.05, 0.1) is 6.33 Å². The standard InChI is InChI=1S/C7H8N4O2.2ClH.Cu.2H2O/c1-10-5-4(8-3-9-5)6(12)11(2)7(10)13;;;;;/h3H,1-2H3,(H,8,9);2*1H;;2*1H2/q;;;+2;;. The zero-order valence-electron chi connectivity index (χ0n) is 9.45. The first-order chi connectivity index (χ1) is 7.54. The van der Waals surface area contributed by atoms with Crippen LogP contribution in [-0.4, -0.2) is 19.1 Å². The maximum atomic E-state index is 11.4. The second-order valence-corrected chi connectivity index (χ2v) is 4.41. The van der Waals surface area contributed by atoms with Crippen LogP contribution in [0.3, 0.4) is 0 Å². The van der Waals surface area contributed by atoms with E-state index < -0.39 is 0 Å². The number of nitrogens with zero attached hydrogens (tertiary/aromatic N) is 3. The van der Waals surface area contributed by atoms with Gasteiger partial charge < -0.3 is 15.9 Å². The molecule has 109 valence electrons. The number of halogens is 2. The van der Waals surface area contributed by atoms with Crippen molar-refractivity contribution in [2.24, 2.45) is 14.1 Å². The van der Waals surface area contributed by atoms with Gasteiger partial charge in [-0.25, -0.2) is 9.78 Å². The summed E-state index contributed by atoms with van der Waals surface area (Å²) in [4.78, 5) is 29.4. The average molecular weight is 353 g/mol. The van der Waals surface area contributed by atoms with Crippen LogP contribution in [0.2, 0.25) is 0 Å². The first kappa shape index (κ1) is 19.5. The number of nitrogens with one attached hydrogen (secondary N) is 1. The van der Waals surface area contributed by atoms with E-state index in [0.29, 0.717) is 11.2 Å². The number of rotatable bonds is 0. The van der Waals surface area contributed by atoms with Crippen LogP contribution in [0, 0.1) is 0 Å². The van der Waals surface area contributed by atoms with Gasteiger partial charge in [-0.1, -0.05) is 0 Å². The number of aromatic amines is 1. The first-order valence-corrected chi connectivity index (χ1v) is 6.54. The van der Waals surface area contributed by atoms with E-state index in [4.69, 9.17) is 0 Å². The number of H-pyrrole nitrogens is 1. The SMILES string of the molecule is Cn1c(=O)c2[nH]cnc2n(C)c1=O.[Cl][Cu][Cl].[OH3+].[OH3+]. The second kappa shape index (κ2) is 8.30. The van der Waals surface area contributed by atoms with Crippen LogP contribution in [0.4, 0.5) is 0 Å². The van der Waals surface area contributed by atoms with E-state index in [0.717, 1.165) is 17.7 Å². The van der Waals surface area contributed by atoms with Gasteiger partial charge >= 0.3 is 39.0 Å². The van der Waals surface area contributed by atoms with Crippen molar-refractivity contribution in [1.29, 1.82) is 0 Å². The normalized spacial score (nSPS) is 9.11. The number of imidazole rings is 1. The van der Waals surface area contributed by atoms with Crippen molar-refractivity contribution in [2.75, 3.05) is 0 Å². The van der Waals surface area contributed by atoms with Crippen LogP contribution >= 0.6 is 20.2 Å². The van der Waals surface area contributed by atoms with Crippen molar-refractivity contribution in [3.8, 4) is 0 Å². The summed E-state index contributed by atoms with van der Waals surface area (Å²) in [5.74, 6) is 0. The van der Waals surface area contributed by atoms with Gasteiger partial charge in [-0.15, -0.1) is 0 Å². The number of hydrogen-bond acceptors (Lipinski definition) is 3. The van der Waals surface area contributed by atoms with E-state index in [9.17, 15) is 9.59 Å². The number of fused-ring (bicyclic) bond motifs is 1. The van der Waals surface area contributed by atoms with Crippen LogP contribution in [-0.2, 0) is 38.2 Å². The Balaban J connectivity index is 0. The second-order valence-electron chi connectivity index (χ2n) is 2.85. The topological polar surface area (TPSA) is 139 Å². The van der Waals surface area contributed by atoms with Gasteiger partial charge in [-0.2, -0.15) is 0 Å². The monoisotopic (exact) mass is 351 g/mol. The summed E-state index contributed by atoms with van der Waals surface area (Å²) in [5, 5.41) is 0. The molecule has 0 spiro atoms. The largest absolute Gasteiger partial charge is 0.457 e. The average Bonchev–Trinajstić information content (AvgIpc) is 2.73. The Hall–Kier alpha value is -0.831. The molecule has 18 heavy (non-hydrogen) atoms. The zero-order valence-corrected chi connectivity index (χ0v) is 11.9. The summed E-state index contributed by atoms with van der Waals surface area (Å²) in [6.07, 6.45) is 1.39. The molecular weight excluding hydrogens is 339 g/mol. The van der Waals surface area contributed by atoms with E-state index in [2.05, 4.69) is 30.2 Å². The molecule has 0 radical (unpaired) electrons. The molecule has 11 heteroatoms. The molecule has 0 aliphatic carbocycles. The maximum Gasteiger partial charge on any atom is -0.457 e. The molecule has 0 saturated carbocycles. The molecule has 0 aliphatic heterocycles. The molecule has 2 heterocycles. The molecule has 2 aromatic rings. The van der Waals surface area contributed by atoms with Gasteiger partial charge in [0.25, 0.3) is 5.56 Å². The number of hydrogen-bond donors (Lipinski definition) is 1. The molecule has 2 rings (SSSR count). The summed E-state index contributed by atoms with van der Waals surface area (Å²) in [7, 11) is 12.4. The fraction of sp³-hybridized carbons (Fsp3) is 0.286. The number of aryl methyl sites for hydroxylation is 1. The fourth-order valence-corrected chi connectivity index (χ4v) is 1.27. The Kier molecular flexibility index (Phi) is 9.00. The van der Waals surface area contributed by atoms with Crippen molar-refractivity contribution in [2.45, 2.75) is 0 Å². The minimum Gasteiger partial charge on any atom is -0.457 e. The van der Waals surface area contributed by atoms with Gasteiger partial charge in [0.2, 0.25) is 0 Å². The predicted octanol–water partition coefficient (Wildman–Crippen LogP) is -1.51. The predicted molar refractivity (Wildman–Crippen MR) is 68.0 cm³/mol. The summed E-state index contributed by atoms with van der Waals surface area (Å²) >= 11 is 0.757. The minimum absolute atomic E-state index is 0. The van der Waals surface area contributed by atoms with E-state index in [1.807, 2.05) is 0 Å². The van der Waals surface area contributed by atoms with Gasteiger partial charge in [0, 0.05) is 14.1 Å². The van der Waals surface area contributed by atoms with E-state index in [1.54, 1.807) is 7.05 Å². The van der Waals surface area contributed by atoms with Crippen molar-refractivity contribution in [1.82, 2.24) is 19.1 Å². The van der Waals surface area contributed by atoms with Crippen LogP contribution < -0.4 is 11.2 Å². The van der Waals surface area contributed by atoms with Gasteiger partial charge in [-0.3, -0.25) is 13.9 Å². The Labute approximate surface area is 116 Å². The third-order valence-corrected chi connectivity index (χ3v) is 2.03. The molecule has 0 aliphatic rings. The van der Waals surface area contributed by atoms with Gasteiger partial charge in [-0.05, 0) is 0 Å². The van der Waals surface area contributed by atoms with Crippen molar-refractivity contribution in [3.05, 3.63) is 27.2 Å². The first-order valence-electron chi connectivity index (χ1n) is 3.95. The van der Waals surface area contributed by atoms with Crippen LogP contribution in [0.25, 0.3) is 11.2 Å². The Morgan fingerprint density at radius 1 is 1.22 bits per heavy atom. The molecular formula is C7H14Cl2CuN4O4+2. The van der Waals surface area contributed by atoms with E-state index in [-0.39, 0.29) is 22.2 Å². The quantitative estimate of drug-likeness (QED) is 0.455. The molecule has 0 amide bonds. The molecule has 0 bridgehead atoms. The molecule has 0 atom stereocenters. The van der Waals surface area contributed by atoms with Crippen molar-refractivity contribution >= 4 is 31.4 Å². The molecule has 7 N–H and O–H groups in total. The summed E-state index contributed by atoms with van der Waals surface area (Å²) in [6.45, 7) is 0. The minimum atomic E-state index is -0.371. The van der Waals surface area contributed by atoms with Crippen LogP contribution in [0.5, 0.6) is 0 Å². The molecule has 8 nitrogen and oxygen atoms in total.